The molecule has 0 aromatic heterocycles. The van der Waals surface area contributed by atoms with Crippen LogP contribution in [0.2, 0.25) is 5.02 Å². The number of nitrogens with one attached hydrogen (secondary N) is 2. The van der Waals surface area contributed by atoms with Crippen molar-refractivity contribution in [3.05, 3.63) is 101 Å². The molecule has 184 valence electrons. The Bertz CT molecular complexity index is 1370. The molecule has 0 saturated heterocycles. The van der Waals surface area contributed by atoms with E-state index >= 15 is 0 Å². The van der Waals surface area contributed by atoms with Crippen molar-refractivity contribution in [3.8, 4) is 17.2 Å². The molecule has 0 aliphatic rings. The summed E-state index contributed by atoms with van der Waals surface area (Å²) in [7, 11) is 1.65. The highest BCUT2D eigenvalue weighted by Gasteiger charge is 2.08. The molecule has 36 heavy (non-hydrogen) atoms. The van der Waals surface area contributed by atoms with Gasteiger partial charge in [0.1, 0.15) is 23.9 Å². The Kier molecular flexibility index (Phi) is 8.39. The number of fused-ring (bicyclic) bond motifs is 1. The molecule has 0 radical (unpaired) electrons. The molecule has 0 heterocycles. The zero-order valence-electron chi connectivity index (χ0n) is 19.7. The van der Waals surface area contributed by atoms with Crippen molar-refractivity contribution >= 4 is 34.5 Å². The lowest BCUT2D eigenvalue weighted by Gasteiger charge is -2.12. The van der Waals surface area contributed by atoms with Crippen LogP contribution in [0.5, 0.6) is 17.2 Å². The minimum atomic E-state index is -0.431. The fourth-order valence-corrected chi connectivity index (χ4v) is 3.80. The van der Waals surface area contributed by atoms with Crippen LogP contribution in [0.15, 0.2) is 84.0 Å². The van der Waals surface area contributed by atoms with Crippen LogP contribution in [0, 0.1) is 0 Å². The Morgan fingerprint density at radius 1 is 1.03 bits per heavy atom. The van der Waals surface area contributed by atoms with Crippen LogP contribution in [-0.2, 0) is 6.54 Å². The van der Waals surface area contributed by atoms with E-state index in [4.69, 9.17) is 21.1 Å². The SMILES string of the molecule is COc1ccc(CNCCOc2ccc(/C=N/NC(=O)c3ccc(O)c(Cl)c3)c3ccccc23)cc1. The summed E-state index contributed by atoms with van der Waals surface area (Å²) in [6, 6.07) is 23.8. The fraction of sp³-hybridized carbons (Fsp3) is 0.143. The number of rotatable bonds is 10. The fourth-order valence-electron chi connectivity index (χ4n) is 3.62. The molecule has 0 aliphatic heterocycles. The highest BCUT2D eigenvalue weighted by molar-refractivity contribution is 6.32. The summed E-state index contributed by atoms with van der Waals surface area (Å²) in [5, 5.41) is 19.0. The molecule has 1 amide bonds. The van der Waals surface area contributed by atoms with Crippen molar-refractivity contribution in [1.82, 2.24) is 10.7 Å². The largest absolute Gasteiger partial charge is 0.506 e. The van der Waals surface area contributed by atoms with Gasteiger partial charge < -0.3 is 19.9 Å². The number of phenolic OH excluding ortho intramolecular Hbond substituents is 1. The number of carbonyl (C=O) groups excluding carboxylic acids is 1. The zero-order valence-corrected chi connectivity index (χ0v) is 20.5. The van der Waals surface area contributed by atoms with Gasteiger partial charge in [-0.1, -0.05) is 48.0 Å². The van der Waals surface area contributed by atoms with Gasteiger partial charge in [-0.3, -0.25) is 4.79 Å². The first-order chi connectivity index (χ1) is 17.5. The zero-order chi connectivity index (χ0) is 25.3. The van der Waals surface area contributed by atoms with Gasteiger partial charge in [-0.2, -0.15) is 5.10 Å². The van der Waals surface area contributed by atoms with Crippen LogP contribution >= 0.6 is 11.6 Å². The third-order valence-electron chi connectivity index (χ3n) is 5.52. The highest BCUT2D eigenvalue weighted by Crippen LogP contribution is 2.28. The van der Waals surface area contributed by atoms with E-state index in [1.165, 1.54) is 23.8 Å². The van der Waals surface area contributed by atoms with Crippen molar-refractivity contribution in [2.45, 2.75) is 6.54 Å². The molecule has 4 aromatic rings. The van der Waals surface area contributed by atoms with Gasteiger partial charge in [0.05, 0.1) is 18.3 Å². The molecular formula is C28H26ClN3O4. The molecule has 0 atom stereocenters. The first-order valence-electron chi connectivity index (χ1n) is 11.4. The highest BCUT2D eigenvalue weighted by atomic mass is 35.5. The molecule has 0 bridgehead atoms. The summed E-state index contributed by atoms with van der Waals surface area (Å²) in [6.45, 7) is 1.95. The van der Waals surface area contributed by atoms with Gasteiger partial charge in [0, 0.05) is 29.6 Å². The molecule has 3 N–H and O–H groups in total. The predicted molar refractivity (Wildman–Crippen MR) is 142 cm³/mol. The van der Waals surface area contributed by atoms with E-state index in [0.29, 0.717) is 18.7 Å². The van der Waals surface area contributed by atoms with Gasteiger partial charge in [0.15, 0.2) is 0 Å². The first-order valence-corrected chi connectivity index (χ1v) is 11.7. The Labute approximate surface area is 214 Å². The average molecular weight is 504 g/mol. The molecule has 7 nitrogen and oxygen atoms in total. The number of hydrazone groups is 1. The summed E-state index contributed by atoms with van der Waals surface area (Å²) in [4.78, 5) is 12.3. The van der Waals surface area contributed by atoms with E-state index in [1.807, 2.05) is 60.7 Å². The molecule has 0 aliphatic carbocycles. The number of nitrogens with zero attached hydrogens (tertiary/aromatic N) is 1. The summed E-state index contributed by atoms with van der Waals surface area (Å²) in [6.07, 6.45) is 1.59. The summed E-state index contributed by atoms with van der Waals surface area (Å²) in [5.41, 5.74) is 4.79. The number of carbonyl (C=O) groups is 1. The van der Waals surface area contributed by atoms with Crippen molar-refractivity contribution in [2.24, 2.45) is 5.10 Å². The maximum absolute atomic E-state index is 12.3. The van der Waals surface area contributed by atoms with Gasteiger partial charge in [-0.25, -0.2) is 5.43 Å². The topological polar surface area (TPSA) is 92.2 Å². The first kappa shape index (κ1) is 25.0. The van der Waals surface area contributed by atoms with E-state index < -0.39 is 5.91 Å². The lowest BCUT2D eigenvalue weighted by atomic mass is 10.0. The Balaban J connectivity index is 1.35. The molecular weight excluding hydrogens is 478 g/mol. The Morgan fingerprint density at radius 2 is 1.81 bits per heavy atom. The number of amides is 1. The second kappa shape index (κ2) is 12.1. The third kappa shape index (κ3) is 6.33. The smallest absolute Gasteiger partial charge is 0.271 e. The second-order valence-corrected chi connectivity index (χ2v) is 8.34. The molecule has 0 unspecified atom stereocenters. The summed E-state index contributed by atoms with van der Waals surface area (Å²) >= 11 is 5.87. The van der Waals surface area contributed by atoms with Gasteiger partial charge in [0.2, 0.25) is 0 Å². The molecule has 0 saturated carbocycles. The summed E-state index contributed by atoms with van der Waals surface area (Å²) < 4.78 is 11.2. The number of phenols is 1. The van der Waals surface area contributed by atoms with Crippen LogP contribution in [0.3, 0.4) is 0 Å². The van der Waals surface area contributed by atoms with E-state index in [2.05, 4.69) is 15.8 Å². The molecule has 8 heteroatoms. The van der Waals surface area contributed by atoms with Crippen LogP contribution in [0.25, 0.3) is 10.8 Å². The number of hydrogen-bond donors (Lipinski definition) is 3. The molecule has 4 rings (SSSR count). The van der Waals surface area contributed by atoms with E-state index in [9.17, 15) is 9.90 Å². The Morgan fingerprint density at radius 3 is 2.56 bits per heavy atom. The summed E-state index contributed by atoms with van der Waals surface area (Å²) in [5.74, 6) is 1.10. The van der Waals surface area contributed by atoms with Crippen LogP contribution in [-0.4, -0.2) is 37.5 Å². The van der Waals surface area contributed by atoms with Crippen LogP contribution in [0.4, 0.5) is 0 Å². The Hall–Kier alpha value is -4.07. The normalized spacial score (nSPS) is 11.1. The predicted octanol–water partition coefficient (Wildman–Crippen LogP) is 5.14. The second-order valence-electron chi connectivity index (χ2n) is 7.94. The quantitative estimate of drug-likeness (QED) is 0.158. The maximum Gasteiger partial charge on any atom is 0.271 e. The van der Waals surface area contributed by atoms with E-state index in [1.54, 1.807) is 13.3 Å². The number of methoxy groups -OCH3 is 1. The van der Waals surface area contributed by atoms with Crippen LogP contribution < -0.4 is 20.2 Å². The lowest BCUT2D eigenvalue weighted by molar-refractivity contribution is 0.0955. The monoisotopic (exact) mass is 503 g/mol. The number of halogens is 1. The van der Waals surface area contributed by atoms with Crippen LogP contribution in [0.1, 0.15) is 21.5 Å². The van der Waals surface area contributed by atoms with Crippen molar-refractivity contribution < 1.29 is 19.4 Å². The maximum atomic E-state index is 12.3. The minimum absolute atomic E-state index is 0.0847. The van der Waals surface area contributed by atoms with Gasteiger partial charge >= 0.3 is 0 Å². The van der Waals surface area contributed by atoms with Gasteiger partial charge in [-0.15, -0.1) is 0 Å². The molecule has 0 spiro atoms. The standard InChI is InChI=1S/C28H26ClN3O4/c1-35-22-10-6-19(7-11-22)17-30-14-15-36-27-13-9-21(23-4-2-3-5-24(23)27)18-31-32-28(34)20-8-12-26(33)25(29)16-20/h2-13,16,18,30,33H,14-15,17H2,1H3,(H,32,34)/b31-18+. The molecule has 4 aromatic carbocycles. The number of aromatic hydroxyl groups is 1. The number of ether oxygens (including phenoxy) is 2. The van der Waals surface area contributed by atoms with Crippen molar-refractivity contribution in [2.75, 3.05) is 20.3 Å². The van der Waals surface area contributed by atoms with Gasteiger partial charge in [-0.05, 0) is 53.4 Å². The lowest BCUT2D eigenvalue weighted by Crippen LogP contribution is -2.20. The van der Waals surface area contributed by atoms with E-state index in [0.717, 1.165) is 34.4 Å². The third-order valence-corrected chi connectivity index (χ3v) is 5.82. The number of benzene rings is 4. The van der Waals surface area contributed by atoms with E-state index in [-0.39, 0.29) is 10.8 Å². The van der Waals surface area contributed by atoms with Crippen molar-refractivity contribution in [1.29, 1.82) is 0 Å². The minimum Gasteiger partial charge on any atom is -0.506 e. The average Bonchev–Trinajstić information content (AvgIpc) is 2.91. The van der Waals surface area contributed by atoms with Gasteiger partial charge in [0.25, 0.3) is 5.91 Å². The van der Waals surface area contributed by atoms with Crippen molar-refractivity contribution in [3.63, 3.8) is 0 Å². The number of hydrogen-bond acceptors (Lipinski definition) is 6. The molecule has 0 fully saturated rings.